The molecule has 1 N–H and O–H groups in total. The van der Waals surface area contributed by atoms with Crippen molar-refractivity contribution >= 4 is 5.97 Å². The largest absolute Gasteiger partial charge is 0.481 e. The molecule has 0 aliphatic heterocycles. The van der Waals surface area contributed by atoms with E-state index in [1.165, 1.54) is 6.26 Å². The molecule has 0 spiro atoms. The number of carboxylic acid groups (broad SMARTS) is 1. The van der Waals surface area contributed by atoms with E-state index in [0.717, 1.165) is 6.39 Å². The Morgan fingerprint density at radius 1 is 1.62 bits per heavy atom. The number of rotatable bonds is 2. The third-order valence-electron chi connectivity index (χ3n) is 2.97. The van der Waals surface area contributed by atoms with Crippen LogP contribution in [0, 0.1) is 5.92 Å². The first-order valence-electron chi connectivity index (χ1n) is 4.98. The second-order valence-corrected chi connectivity index (χ2v) is 4.06. The second kappa shape index (κ2) is 3.84. The Morgan fingerprint density at radius 3 is 2.94 bits per heavy atom. The molecular weight excluding hydrogens is 220 g/mol. The molecule has 1 aromatic heterocycles. The minimum atomic E-state index is -2.81. The zero-order chi connectivity index (χ0) is 11.8. The Labute approximate surface area is 90.3 Å². The van der Waals surface area contributed by atoms with Gasteiger partial charge in [0.1, 0.15) is 6.26 Å². The van der Waals surface area contributed by atoms with E-state index in [9.17, 15) is 13.6 Å². The van der Waals surface area contributed by atoms with E-state index in [4.69, 9.17) is 9.52 Å². The average Bonchev–Trinajstić information content (AvgIpc) is 2.68. The van der Waals surface area contributed by atoms with Crippen molar-refractivity contribution in [2.45, 2.75) is 31.1 Å². The van der Waals surface area contributed by atoms with Crippen molar-refractivity contribution in [1.29, 1.82) is 0 Å². The van der Waals surface area contributed by atoms with E-state index < -0.39 is 30.1 Å². The van der Waals surface area contributed by atoms with Crippen molar-refractivity contribution in [2.75, 3.05) is 0 Å². The second-order valence-electron chi connectivity index (χ2n) is 4.06. The maximum absolute atomic E-state index is 13.2. The lowest BCUT2D eigenvalue weighted by atomic mass is 9.76. The number of hydrogen-bond acceptors (Lipinski definition) is 3. The van der Waals surface area contributed by atoms with Crippen LogP contribution in [0.5, 0.6) is 0 Å². The van der Waals surface area contributed by atoms with Crippen molar-refractivity contribution < 1.29 is 23.1 Å². The molecule has 0 aromatic carbocycles. The summed E-state index contributed by atoms with van der Waals surface area (Å²) in [5.41, 5.74) is 0.298. The normalized spacial score (nSPS) is 28.9. The van der Waals surface area contributed by atoms with Crippen LogP contribution in [0.15, 0.2) is 17.1 Å². The fraction of sp³-hybridized carbons (Fsp3) is 0.600. The van der Waals surface area contributed by atoms with Crippen LogP contribution in [0.3, 0.4) is 0 Å². The summed E-state index contributed by atoms with van der Waals surface area (Å²) in [6, 6.07) is 0. The first kappa shape index (κ1) is 11.0. The fourth-order valence-electron chi connectivity index (χ4n) is 2.15. The number of carboxylic acids is 1. The van der Waals surface area contributed by atoms with E-state index >= 15 is 0 Å². The summed E-state index contributed by atoms with van der Waals surface area (Å²) in [4.78, 5) is 14.7. The van der Waals surface area contributed by atoms with Gasteiger partial charge in [0, 0.05) is 18.8 Å². The number of nitrogens with zero attached hydrogens (tertiary/aromatic N) is 1. The predicted molar refractivity (Wildman–Crippen MR) is 49.2 cm³/mol. The van der Waals surface area contributed by atoms with Gasteiger partial charge in [0.15, 0.2) is 6.39 Å². The molecule has 0 unspecified atom stereocenters. The highest BCUT2D eigenvalue weighted by molar-refractivity contribution is 5.71. The summed E-state index contributed by atoms with van der Waals surface area (Å²) in [7, 11) is 0. The van der Waals surface area contributed by atoms with E-state index in [1.54, 1.807) is 0 Å². The van der Waals surface area contributed by atoms with E-state index in [1.807, 2.05) is 0 Å². The topological polar surface area (TPSA) is 63.3 Å². The predicted octanol–water partition coefficient (Wildman–Crippen LogP) is 2.28. The minimum absolute atomic E-state index is 0.0279. The Hall–Kier alpha value is -1.46. The molecular formula is C10H11F2NO3. The van der Waals surface area contributed by atoms with Crippen molar-refractivity contribution in [3.63, 3.8) is 0 Å². The van der Waals surface area contributed by atoms with Crippen LogP contribution in [-0.2, 0) is 4.79 Å². The maximum atomic E-state index is 13.2. The fourth-order valence-corrected chi connectivity index (χ4v) is 2.15. The van der Waals surface area contributed by atoms with Gasteiger partial charge >= 0.3 is 5.97 Å². The number of oxazole rings is 1. The van der Waals surface area contributed by atoms with Gasteiger partial charge < -0.3 is 9.52 Å². The molecule has 0 saturated heterocycles. The van der Waals surface area contributed by atoms with Crippen LogP contribution >= 0.6 is 0 Å². The van der Waals surface area contributed by atoms with E-state index in [2.05, 4.69) is 4.98 Å². The highest BCUT2D eigenvalue weighted by Crippen LogP contribution is 2.44. The average molecular weight is 231 g/mol. The lowest BCUT2D eigenvalue weighted by Gasteiger charge is -2.32. The molecule has 2 atom stereocenters. The Balaban J connectivity index is 2.25. The highest BCUT2D eigenvalue weighted by Gasteiger charge is 2.45. The quantitative estimate of drug-likeness (QED) is 0.848. The van der Waals surface area contributed by atoms with Crippen molar-refractivity contribution in [3.05, 3.63) is 18.4 Å². The molecule has 0 radical (unpaired) electrons. The van der Waals surface area contributed by atoms with Crippen LogP contribution in [0.2, 0.25) is 0 Å². The number of hydrogen-bond donors (Lipinski definition) is 1. The third-order valence-corrected chi connectivity index (χ3v) is 2.97. The van der Waals surface area contributed by atoms with Crippen LogP contribution in [0.25, 0.3) is 0 Å². The summed E-state index contributed by atoms with van der Waals surface area (Å²) in [6.07, 6.45) is 1.48. The first-order valence-corrected chi connectivity index (χ1v) is 4.98. The Bertz CT molecular complexity index is 377. The van der Waals surface area contributed by atoms with E-state index in [0.29, 0.717) is 5.69 Å². The summed E-state index contributed by atoms with van der Waals surface area (Å²) in [5.74, 6) is -5.43. The standard InChI is InChI=1S/C10H11F2NO3/c11-10(12)2-1-6(9(14)15)7(3-10)8-4-16-5-13-8/h4-7H,1-3H2,(H,14,15)/t6-,7-/m0/s1. The molecule has 16 heavy (non-hydrogen) atoms. The molecule has 1 aliphatic carbocycles. The van der Waals surface area contributed by atoms with Gasteiger partial charge in [-0.15, -0.1) is 0 Å². The SMILES string of the molecule is O=C(O)[C@H]1CCC(F)(F)C[C@@H]1c1cocn1. The minimum Gasteiger partial charge on any atom is -0.481 e. The lowest BCUT2D eigenvalue weighted by molar-refractivity contribution is -0.147. The zero-order valence-electron chi connectivity index (χ0n) is 8.40. The van der Waals surface area contributed by atoms with Crippen molar-refractivity contribution in [3.8, 4) is 0 Å². The zero-order valence-corrected chi connectivity index (χ0v) is 8.40. The molecule has 4 nitrogen and oxygen atoms in total. The molecule has 2 rings (SSSR count). The smallest absolute Gasteiger partial charge is 0.307 e. The van der Waals surface area contributed by atoms with Crippen LogP contribution in [0.4, 0.5) is 8.78 Å². The summed E-state index contributed by atoms with van der Waals surface area (Å²) in [6.45, 7) is 0. The van der Waals surface area contributed by atoms with Crippen LogP contribution < -0.4 is 0 Å². The van der Waals surface area contributed by atoms with Crippen molar-refractivity contribution in [2.24, 2.45) is 5.92 Å². The molecule has 0 bridgehead atoms. The van der Waals surface area contributed by atoms with Gasteiger partial charge in [-0.2, -0.15) is 0 Å². The molecule has 0 amide bonds. The number of carbonyl (C=O) groups is 1. The third kappa shape index (κ3) is 2.05. The van der Waals surface area contributed by atoms with Crippen LogP contribution in [-0.4, -0.2) is 22.0 Å². The van der Waals surface area contributed by atoms with Gasteiger partial charge in [-0.05, 0) is 6.42 Å². The van der Waals surface area contributed by atoms with Crippen LogP contribution in [0.1, 0.15) is 30.9 Å². The molecule has 1 saturated carbocycles. The summed E-state index contributed by atoms with van der Waals surface area (Å²) in [5, 5.41) is 8.97. The number of halogens is 2. The van der Waals surface area contributed by atoms with E-state index in [-0.39, 0.29) is 12.8 Å². The molecule has 88 valence electrons. The maximum Gasteiger partial charge on any atom is 0.307 e. The molecule has 1 fully saturated rings. The monoisotopic (exact) mass is 231 g/mol. The van der Waals surface area contributed by atoms with Gasteiger partial charge in [-0.3, -0.25) is 4.79 Å². The highest BCUT2D eigenvalue weighted by atomic mass is 19.3. The molecule has 1 aliphatic rings. The molecule has 1 heterocycles. The lowest BCUT2D eigenvalue weighted by Crippen LogP contribution is -2.35. The number of aliphatic carboxylic acids is 1. The van der Waals surface area contributed by atoms with Gasteiger partial charge in [0.05, 0.1) is 11.6 Å². The summed E-state index contributed by atoms with van der Waals surface area (Å²) < 4.78 is 31.2. The summed E-state index contributed by atoms with van der Waals surface area (Å²) >= 11 is 0. The number of aromatic nitrogens is 1. The number of alkyl halides is 2. The molecule has 6 heteroatoms. The molecule has 1 aromatic rings. The van der Waals surface area contributed by atoms with Gasteiger partial charge in [-0.1, -0.05) is 0 Å². The Kier molecular flexibility index (Phi) is 2.65. The Morgan fingerprint density at radius 2 is 2.38 bits per heavy atom. The van der Waals surface area contributed by atoms with Crippen molar-refractivity contribution in [1.82, 2.24) is 4.98 Å². The van der Waals surface area contributed by atoms with Gasteiger partial charge in [0.2, 0.25) is 5.92 Å². The van der Waals surface area contributed by atoms with Gasteiger partial charge in [0.25, 0.3) is 0 Å². The van der Waals surface area contributed by atoms with Gasteiger partial charge in [-0.25, -0.2) is 13.8 Å². The first-order chi connectivity index (χ1) is 7.49.